The third kappa shape index (κ3) is 5.29. The lowest BCUT2D eigenvalue weighted by Gasteiger charge is -2.41. The number of carbonyl (C=O) groups excluding carboxylic acids is 1. The molecule has 4 aliphatic rings. The summed E-state index contributed by atoms with van der Waals surface area (Å²) in [6, 6.07) is 15.2. The van der Waals surface area contributed by atoms with E-state index in [0.29, 0.717) is 38.8 Å². The highest BCUT2D eigenvalue weighted by molar-refractivity contribution is 5.94. The van der Waals surface area contributed by atoms with Crippen LogP contribution < -0.4 is 14.5 Å². The first-order chi connectivity index (χ1) is 21.1. The molecule has 3 aliphatic heterocycles. The molecule has 2 saturated heterocycles. The molecular formula is C34H39N7O2. The van der Waals surface area contributed by atoms with Crippen molar-refractivity contribution in [1.29, 1.82) is 0 Å². The second kappa shape index (κ2) is 11.5. The van der Waals surface area contributed by atoms with Gasteiger partial charge in [-0.3, -0.25) is 9.69 Å². The molecule has 1 unspecified atom stereocenters. The maximum Gasteiger partial charge on any atom is 0.318 e. The Morgan fingerprint density at radius 1 is 1.05 bits per heavy atom. The Morgan fingerprint density at radius 3 is 2.65 bits per heavy atom. The topological polar surface area (TPSA) is 69.4 Å². The Kier molecular flexibility index (Phi) is 7.39. The number of likely N-dealkylation sites (tertiary alicyclic amines) is 1. The van der Waals surface area contributed by atoms with Gasteiger partial charge in [0.25, 0.3) is 0 Å². The first-order valence-corrected chi connectivity index (χ1v) is 15.6. The van der Waals surface area contributed by atoms with Gasteiger partial charge in [-0.25, -0.2) is 6.57 Å². The number of hydrogen-bond acceptors (Lipinski definition) is 7. The average molecular weight is 578 g/mol. The van der Waals surface area contributed by atoms with E-state index in [2.05, 4.69) is 68.6 Å². The summed E-state index contributed by atoms with van der Waals surface area (Å²) in [5.74, 6) is 0.772. The molecule has 1 amide bonds. The molecule has 222 valence electrons. The fraction of sp³-hybridized carbons (Fsp3) is 0.471. The smallest absolute Gasteiger partial charge is 0.318 e. The van der Waals surface area contributed by atoms with Gasteiger partial charge >= 0.3 is 6.01 Å². The summed E-state index contributed by atoms with van der Waals surface area (Å²) in [7, 11) is 0. The van der Waals surface area contributed by atoms with Crippen LogP contribution in [0.25, 0.3) is 15.6 Å². The molecule has 43 heavy (non-hydrogen) atoms. The molecule has 1 atom stereocenters. The zero-order chi connectivity index (χ0) is 29.4. The zero-order valence-corrected chi connectivity index (χ0v) is 24.7. The zero-order valence-electron chi connectivity index (χ0n) is 24.7. The molecule has 0 bridgehead atoms. The minimum Gasteiger partial charge on any atom is -0.461 e. The number of fused-ring (bicyclic) bond motifs is 2. The number of anilines is 2. The third-order valence-corrected chi connectivity index (χ3v) is 9.75. The van der Waals surface area contributed by atoms with Crippen LogP contribution >= 0.6 is 0 Å². The lowest BCUT2D eigenvalue weighted by atomic mass is 10.0. The molecule has 9 nitrogen and oxygen atoms in total. The monoisotopic (exact) mass is 577 g/mol. The molecule has 1 aliphatic carbocycles. The highest BCUT2D eigenvalue weighted by Crippen LogP contribution is 2.44. The molecule has 2 aromatic carbocycles. The van der Waals surface area contributed by atoms with Crippen molar-refractivity contribution in [2.75, 3.05) is 62.2 Å². The van der Waals surface area contributed by atoms with E-state index < -0.39 is 0 Å². The van der Waals surface area contributed by atoms with Crippen molar-refractivity contribution in [2.24, 2.45) is 0 Å². The standard InChI is InChI=1S/C34H39N7O2/c1-3-31(42)41-20-19-39(22-26(41)21-35-2)32-28-13-18-38(30-12-8-10-25-9-4-5-11-27(25)30)23-29(28)36-33(37-32)43-24-34(14-15-34)40-16-6-7-17-40/h3-5,8-12,26H,1,6-7,13-24H2. The van der Waals surface area contributed by atoms with Gasteiger partial charge in [0, 0.05) is 42.8 Å². The predicted molar refractivity (Wildman–Crippen MR) is 168 cm³/mol. The van der Waals surface area contributed by atoms with Gasteiger partial charge in [0.2, 0.25) is 12.5 Å². The second-order valence-corrected chi connectivity index (χ2v) is 12.3. The van der Waals surface area contributed by atoms with E-state index in [4.69, 9.17) is 21.3 Å². The first-order valence-electron chi connectivity index (χ1n) is 15.6. The normalized spacial score (nSPS) is 21.4. The molecule has 0 N–H and O–H groups in total. The number of aromatic nitrogens is 2. The summed E-state index contributed by atoms with van der Waals surface area (Å²) in [6.45, 7) is 17.6. The lowest BCUT2D eigenvalue weighted by Crippen LogP contribution is -2.56. The third-order valence-electron chi connectivity index (χ3n) is 9.75. The molecule has 3 fully saturated rings. The fourth-order valence-corrected chi connectivity index (χ4v) is 7.21. The minimum absolute atomic E-state index is 0.121. The Labute approximate surface area is 253 Å². The van der Waals surface area contributed by atoms with E-state index in [9.17, 15) is 4.79 Å². The van der Waals surface area contributed by atoms with Crippen LogP contribution in [0.5, 0.6) is 6.01 Å². The number of rotatable bonds is 8. The lowest BCUT2D eigenvalue weighted by molar-refractivity contribution is -0.128. The maximum atomic E-state index is 12.6. The van der Waals surface area contributed by atoms with Crippen LogP contribution in [0, 0.1) is 6.57 Å². The van der Waals surface area contributed by atoms with Crippen LogP contribution in [0.1, 0.15) is 36.9 Å². The number of nitrogens with zero attached hydrogens (tertiary/aromatic N) is 7. The minimum atomic E-state index is -0.215. The second-order valence-electron chi connectivity index (χ2n) is 12.3. The predicted octanol–water partition coefficient (Wildman–Crippen LogP) is 4.32. The highest BCUT2D eigenvalue weighted by atomic mass is 16.5. The van der Waals surface area contributed by atoms with E-state index >= 15 is 0 Å². The van der Waals surface area contributed by atoms with Gasteiger partial charge < -0.3 is 24.3 Å². The Balaban J connectivity index is 1.21. The van der Waals surface area contributed by atoms with Crippen LogP contribution in [-0.4, -0.2) is 89.7 Å². The number of ether oxygens (including phenoxy) is 1. The van der Waals surface area contributed by atoms with E-state index in [0.717, 1.165) is 56.0 Å². The van der Waals surface area contributed by atoms with Gasteiger partial charge in [-0.1, -0.05) is 43.0 Å². The Hall–Kier alpha value is -4.16. The van der Waals surface area contributed by atoms with Crippen LogP contribution in [0.4, 0.5) is 11.5 Å². The van der Waals surface area contributed by atoms with E-state index in [1.165, 1.54) is 35.4 Å². The van der Waals surface area contributed by atoms with Gasteiger partial charge in [-0.05, 0) is 62.7 Å². The Morgan fingerprint density at radius 2 is 1.86 bits per heavy atom. The molecule has 1 saturated carbocycles. The highest BCUT2D eigenvalue weighted by Gasteiger charge is 2.49. The summed E-state index contributed by atoms with van der Waals surface area (Å²) in [6.07, 6.45) is 7.01. The van der Waals surface area contributed by atoms with E-state index in [1.54, 1.807) is 4.90 Å². The van der Waals surface area contributed by atoms with Gasteiger partial charge in [-0.15, -0.1) is 0 Å². The summed E-state index contributed by atoms with van der Waals surface area (Å²) >= 11 is 0. The molecule has 0 radical (unpaired) electrons. The van der Waals surface area contributed by atoms with Crippen molar-refractivity contribution in [2.45, 2.75) is 50.2 Å². The van der Waals surface area contributed by atoms with Gasteiger partial charge in [0.15, 0.2) is 0 Å². The molecule has 1 aromatic heterocycles. The molecular weight excluding hydrogens is 538 g/mol. The number of amides is 1. The Bertz CT molecular complexity index is 1570. The summed E-state index contributed by atoms with van der Waals surface area (Å²) in [5.41, 5.74) is 3.49. The van der Waals surface area contributed by atoms with Crippen LogP contribution in [-0.2, 0) is 17.8 Å². The van der Waals surface area contributed by atoms with Gasteiger partial charge in [0.1, 0.15) is 18.5 Å². The molecule has 7 rings (SSSR count). The summed E-state index contributed by atoms with van der Waals surface area (Å²) in [4.78, 5) is 35.4. The van der Waals surface area contributed by atoms with E-state index in [-0.39, 0.29) is 24.0 Å². The van der Waals surface area contributed by atoms with Gasteiger partial charge in [0.05, 0.1) is 17.8 Å². The van der Waals surface area contributed by atoms with E-state index in [1.807, 2.05) is 0 Å². The first kappa shape index (κ1) is 27.7. The quantitative estimate of drug-likeness (QED) is 0.292. The van der Waals surface area contributed by atoms with Crippen molar-refractivity contribution >= 4 is 28.2 Å². The molecule has 9 heteroatoms. The fourth-order valence-electron chi connectivity index (χ4n) is 7.21. The molecule has 4 heterocycles. The van der Waals surface area contributed by atoms with Crippen LogP contribution in [0.3, 0.4) is 0 Å². The van der Waals surface area contributed by atoms with Crippen molar-refractivity contribution in [1.82, 2.24) is 19.8 Å². The summed E-state index contributed by atoms with van der Waals surface area (Å²) < 4.78 is 6.47. The average Bonchev–Trinajstić information content (AvgIpc) is 3.63. The number of piperazine rings is 1. The number of benzene rings is 2. The van der Waals surface area contributed by atoms with Crippen molar-refractivity contribution in [3.63, 3.8) is 0 Å². The van der Waals surface area contributed by atoms with Gasteiger partial charge in [-0.2, -0.15) is 9.97 Å². The van der Waals surface area contributed by atoms with Crippen molar-refractivity contribution < 1.29 is 9.53 Å². The maximum absolute atomic E-state index is 12.6. The van der Waals surface area contributed by atoms with Crippen molar-refractivity contribution in [3.05, 3.63) is 77.8 Å². The summed E-state index contributed by atoms with van der Waals surface area (Å²) in [5, 5.41) is 2.47. The van der Waals surface area contributed by atoms with Crippen molar-refractivity contribution in [3.8, 4) is 6.01 Å². The SMILES string of the molecule is [C-]#[N+]CC1CN(c2nc(OCC3(N4CCCC4)CC3)nc3c2CCN(c2cccc4ccccc24)C3)CCN1C(=O)C=C. The largest absolute Gasteiger partial charge is 0.461 e. The number of carbonyl (C=O) groups is 1. The van der Waals surface area contributed by atoms with Crippen LogP contribution in [0.2, 0.25) is 0 Å². The molecule has 0 spiro atoms. The molecule has 3 aromatic rings. The van der Waals surface area contributed by atoms with Crippen LogP contribution in [0.15, 0.2) is 55.1 Å². The number of hydrogen-bond donors (Lipinski definition) is 0.